The zero-order valence-corrected chi connectivity index (χ0v) is 29.2. The number of hydrogen-bond donors (Lipinski definition) is 0. The van der Waals surface area contributed by atoms with E-state index < -0.39 is 0 Å². The number of anilines is 3. The van der Waals surface area contributed by atoms with E-state index in [1.807, 2.05) is 0 Å². The fourth-order valence-corrected chi connectivity index (χ4v) is 8.38. The summed E-state index contributed by atoms with van der Waals surface area (Å²) in [5.74, 6) is 0. The molecule has 0 fully saturated rings. The molecule has 0 unspecified atom stereocenters. The number of nitrogens with zero attached hydrogens (tertiary/aromatic N) is 1. The Morgan fingerprint density at radius 1 is 0.226 bits per heavy atom. The summed E-state index contributed by atoms with van der Waals surface area (Å²) in [5, 5.41) is 10.1. The van der Waals surface area contributed by atoms with Crippen LogP contribution in [0.2, 0.25) is 0 Å². The lowest BCUT2D eigenvalue weighted by molar-refractivity contribution is 1.28. The van der Waals surface area contributed by atoms with Crippen LogP contribution in [0, 0.1) is 0 Å². The van der Waals surface area contributed by atoms with Crippen molar-refractivity contribution in [2.45, 2.75) is 0 Å². The Hall–Kier alpha value is -6.96. The second-order valence-electron chi connectivity index (χ2n) is 13.6. The van der Waals surface area contributed by atoms with Gasteiger partial charge < -0.3 is 4.90 Å². The SMILES string of the molecule is c1ccc(-c2ccccc2-c2c3ccccc3c(-c3ccc(N(c4ccccc4)c4ccccc4)cc3)c3c4ccccc4c4ccccc4c23)cc1. The van der Waals surface area contributed by atoms with E-state index in [0.29, 0.717) is 0 Å². The molecule has 0 amide bonds. The van der Waals surface area contributed by atoms with Crippen LogP contribution in [0.25, 0.3) is 76.5 Å². The van der Waals surface area contributed by atoms with E-state index in [-0.39, 0.29) is 0 Å². The fraction of sp³-hybridized carbons (Fsp3) is 0. The Morgan fingerprint density at radius 3 is 1.15 bits per heavy atom. The van der Waals surface area contributed by atoms with Crippen LogP contribution in [0.1, 0.15) is 0 Å². The van der Waals surface area contributed by atoms with E-state index in [2.05, 4.69) is 217 Å². The van der Waals surface area contributed by atoms with Crippen molar-refractivity contribution in [2.75, 3.05) is 4.90 Å². The predicted molar refractivity (Wildman–Crippen MR) is 227 cm³/mol. The highest BCUT2D eigenvalue weighted by atomic mass is 15.1. The van der Waals surface area contributed by atoms with Gasteiger partial charge in [-0.15, -0.1) is 0 Å². The van der Waals surface area contributed by atoms with Gasteiger partial charge in [-0.05, 0) is 113 Å². The third-order valence-corrected chi connectivity index (χ3v) is 10.6. The van der Waals surface area contributed by atoms with E-state index in [0.717, 1.165) is 17.1 Å². The Kier molecular flexibility index (Phi) is 7.55. The van der Waals surface area contributed by atoms with Crippen LogP contribution in [-0.2, 0) is 0 Å². The van der Waals surface area contributed by atoms with Crippen LogP contribution in [0.4, 0.5) is 17.1 Å². The summed E-state index contributed by atoms with van der Waals surface area (Å²) in [7, 11) is 0. The van der Waals surface area contributed by atoms with Crippen LogP contribution < -0.4 is 4.90 Å². The van der Waals surface area contributed by atoms with Crippen molar-refractivity contribution in [3.05, 3.63) is 212 Å². The van der Waals surface area contributed by atoms with Gasteiger partial charge in [-0.25, -0.2) is 0 Å². The molecule has 0 aliphatic carbocycles. The van der Waals surface area contributed by atoms with Crippen LogP contribution in [0.5, 0.6) is 0 Å². The maximum atomic E-state index is 2.33. The van der Waals surface area contributed by atoms with Crippen molar-refractivity contribution in [3.63, 3.8) is 0 Å². The molecule has 0 saturated carbocycles. The van der Waals surface area contributed by atoms with Crippen LogP contribution in [0.15, 0.2) is 212 Å². The Balaban J connectivity index is 1.32. The quantitative estimate of drug-likeness (QED) is 0.125. The highest BCUT2D eigenvalue weighted by Crippen LogP contribution is 2.51. The van der Waals surface area contributed by atoms with Gasteiger partial charge >= 0.3 is 0 Å². The summed E-state index contributed by atoms with van der Waals surface area (Å²) >= 11 is 0. The van der Waals surface area contributed by atoms with Gasteiger partial charge in [0.25, 0.3) is 0 Å². The second-order valence-corrected chi connectivity index (χ2v) is 13.6. The van der Waals surface area contributed by atoms with Gasteiger partial charge in [-0.3, -0.25) is 0 Å². The van der Waals surface area contributed by atoms with Gasteiger partial charge in [0.05, 0.1) is 0 Å². The van der Waals surface area contributed by atoms with E-state index >= 15 is 0 Å². The maximum Gasteiger partial charge on any atom is 0.0462 e. The Bertz CT molecular complexity index is 2870. The molecular weight excluding hydrogens is 639 g/mol. The van der Waals surface area contributed by atoms with Gasteiger partial charge in [0, 0.05) is 17.1 Å². The molecule has 0 aliphatic heterocycles. The highest BCUT2D eigenvalue weighted by Gasteiger charge is 2.23. The van der Waals surface area contributed by atoms with Crippen molar-refractivity contribution in [2.24, 2.45) is 0 Å². The number of benzene rings is 10. The zero-order chi connectivity index (χ0) is 35.1. The number of hydrogen-bond acceptors (Lipinski definition) is 1. The van der Waals surface area contributed by atoms with Crippen LogP contribution in [-0.4, -0.2) is 0 Å². The lowest BCUT2D eigenvalue weighted by Crippen LogP contribution is -2.09. The maximum absolute atomic E-state index is 2.33. The summed E-state index contributed by atoms with van der Waals surface area (Å²) in [6.45, 7) is 0. The van der Waals surface area contributed by atoms with Crippen molar-refractivity contribution < 1.29 is 0 Å². The molecule has 0 aromatic heterocycles. The van der Waals surface area contributed by atoms with Crippen molar-refractivity contribution >= 4 is 60.2 Å². The lowest BCUT2D eigenvalue weighted by Gasteiger charge is -2.26. The topological polar surface area (TPSA) is 3.24 Å². The van der Waals surface area contributed by atoms with Crippen molar-refractivity contribution in [3.8, 4) is 33.4 Å². The smallest absolute Gasteiger partial charge is 0.0462 e. The van der Waals surface area contributed by atoms with E-state index in [9.17, 15) is 0 Å². The molecule has 0 saturated heterocycles. The van der Waals surface area contributed by atoms with Gasteiger partial charge in [0.2, 0.25) is 0 Å². The third-order valence-electron chi connectivity index (χ3n) is 10.6. The molecule has 0 heterocycles. The fourth-order valence-electron chi connectivity index (χ4n) is 8.38. The molecule has 0 aliphatic rings. The summed E-state index contributed by atoms with van der Waals surface area (Å²) in [6, 6.07) is 77.1. The molecule has 248 valence electrons. The predicted octanol–water partition coefficient (Wildman–Crippen LogP) is 14.8. The first-order valence-corrected chi connectivity index (χ1v) is 18.3. The van der Waals surface area contributed by atoms with E-state index in [1.165, 1.54) is 76.5 Å². The summed E-state index contributed by atoms with van der Waals surface area (Å²) in [4.78, 5) is 2.33. The highest BCUT2D eigenvalue weighted by molar-refractivity contribution is 6.37. The molecule has 1 nitrogen and oxygen atoms in total. The summed E-state index contributed by atoms with van der Waals surface area (Å²) in [5.41, 5.74) is 10.8. The van der Waals surface area contributed by atoms with Gasteiger partial charge in [0.15, 0.2) is 0 Å². The molecule has 10 aromatic carbocycles. The first-order chi connectivity index (χ1) is 26.3. The first-order valence-electron chi connectivity index (χ1n) is 18.3. The minimum Gasteiger partial charge on any atom is -0.311 e. The lowest BCUT2D eigenvalue weighted by atomic mass is 9.80. The minimum absolute atomic E-state index is 1.11. The van der Waals surface area contributed by atoms with Crippen molar-refractivity contribution in [1.29, 1.82) is 0 Å². The first kappa shape index (κ1) is 30.8. The average molecular weight is 674 g/mol. The van der Waals surface area contributed by atoms with E-state index in [1.54, 1.807) is 0 Å². The van der Waals surface area contributed by atoms with E-state index in [4.69, 9.17) is 0 Å². The van der Waals surface area contributed by atoms with Crippen molar-refractivity contribution in [1.82, 2.24) is 0 Å². The minimum atomic E-state index is 1.11. The number of rotatable bonds is 6. The normalized spacial score (nSPS) is 11.4. The zero-order valence-electron chi connectivity index (χ0n) is 29.2. The third kappa shape index (κ3) is 5.17. The summed E-state index contributed by atoms with van der Waals surface area (Å²) in [6.07, 6.45) is 0. The Morgan fingerprint density at radius 2 is 0.604 bits per heavy atom. The molecule has 1 heteroatoms. The molecule has 0 bridgehead atoms. The number of para-hydroxylation sites is 2. The number of fused-ring (bicyclic) bond motifs is 7. The van der Waals surface area contributed by atoms with Gasteiger partial charge in [-0.2, -0.15) is 0 Å². The van der Waals surface area contributed by atoms with Gasteiger partial charge in [0.1, 0.15) is 0 Å². The molecular formula is C52H35N. The standard InChI is InChI=1S/C52H35N/c1-4-18-36(19-5-1)41-24-10-13-27-44(41)50-48-31-17-16-30-47(48)49(51-45-28-14-11-25-42(45)43-26-12-15-29-46(43)52(50)51)37-32-34-40(35-33-37)53(38-20-6-2-7-21-38)39-22-8-3-9-23-39/h1-35H. The molecule has 0 atom stereocenters. The molecule has 0 radical (unpaired) electrons. The van der Waals surface area contributed by atoms with Crippen LogP contribution in [0.3, 0.4) is 0 Å². The monoisotopic (exact) mass is 673 g/mol. The summed E-state index contributed by atoms with van der Waals surface area (Å²) < 4.78 is 0. The largest absolute Gasteiger partial charge is 0.311 e. The molecule has 10 aromatic rings. The molecule has 0 N–H and O–H groups in total. The average Bonchev–Trinajstić information content (AvgIpc) is 3.24. The second kappa shape index (κ2) is 13.0. The molecule has 53 heavy (non-hydrogen) atoms. The molecule has 10 rings (SSSR count). The van der Waals surface area contributed by atoms with Gasteiger partial charge in [-0.1, -0.05) is 176 Å². The molecule has 0 spiro atoms. The van der Waals surface area contributed by atoms with Crippen LogP contribution >= 0.6 is 0 Å². The Labute approximate surface area is 309 Å².